The molecule has 2 amide bonds. The van der Waals surface area contributed by atoms with E-state index in [1.54, 1.807) is 23.0 Å². The second-order valence-corrected chi connectivity index (χ2v) is 13.1. The molecule has 8 nitrogen and oxygen atoms in total. The van der Waals surface area contributed by atoms with E-state index >= 15 is 0 Å². The minimum atomic E-state index is -4.50. The quantitative estimate of drug-likeness (QED) is 0.538. The fourth-order valence-electron chi connectivity index (χ4n) is 6.93. The Bertz CT molecular complexity index is 1180. The molecule has 1 aliphatic carbocycles. The standard InChI is InChI=1S/C30H41F3N4O4/c1-28(2,3)8-5-26(38)37-16-21-12-22(35-24-7-10-41-17-25(24)40-4)13-29(21,18-37)27(39)36-9-6-23-19(15-36)11-20(14-34-23)30(31,32)33/h5,8,11,14,21-22,24-25,35H,6-7,9-10,12-13,15-18H2,1-4H3/t21-,22+,24-,25+,29-/m0/s1. The van der Waals surface area contributed by atoms with Crippen LogP contribution in [-0.2, 0) is 38.2 Å². The average Bonchev–Trinajstić information content (AvgIpc) is 3.45. The van der Waals surface area contributed by atoms with Crippen LogP contribution in [0.4, 0.5) is 13.2 Å². The van der Waals surface area contributed by atoms with Gasteiger partial charge in [0.25, 0.3) is 0 Å². The van der Waals surface area contributed by atoms with E-state index in [-0.39, 0.29) is 47.9 Å². The molecule has 4 heterocycles. The van der Waals surface area contributed by atoms with Gasteiger partial charge in [0.1, 0.15) is 0 Å². The number of rotatable bonds is 5. The van der Waals surface area contributed by atoms with Gasteiger partial charge in [-0.1, -0.05) is 26.8 Å². The number of nitrogens with zero attached hydrogens (tertiary/aromatic N) is 3. The van der Waals surface area contributed by atoms with Gasteiger partial charge in [0, 0.05) is 70.3 Å². The van der Waals surface area contributed by atoms with E-state index in [4.69, 9.17) is 9.47 Å². The Morgan fingerprint density at radius 1 is 1.24 bits per heavy atom. The number of ether oxygens (including phenoxy) is 2. The summed E-state index contributed by atoms with van der Waals surface area (Å²) < 4.78 is 51.4. The first-order chi connectivity index (χ1) is 19.3. The van der Waals surface area contributed by atoms with Gasteiger partial charge < -0.3 is 24.6 Å². The van der Waals surface area contributed by atoms with E-state index in [2.05, 4.69) is 10.3 Å². The molecule has 226 valence electrons. The van der Waals surface area contributed by atoms with Crippen LogP contribution in [0.3, 0.4) is 0 Å². The molecule has 1 aromatic heterocycles. The van der Waals surface area contributed by atoms with Crippen LogP contribution in [0, 0.1) is 16.7 Å². The Balaban J connectivity index is 1.38. The highest BCUT2D eigenvalue weighted by atomic mass is 19.4. The van der Waals surface area contributed by atoms with Crippen molar-refractivity contribution in [3.63, 3.8) is 0 Å². The summed E-state index contributed by atoms with van der Waals surface area (Å²) >= 11 is 0. The van der Waals surface area contributed by atoms with Crippen LogP contribution in [0.2, 0.25) is 0 Å². The van der Waals surface area contributed by atoms with Gasteiger partial charge in [0.2, 0.25) is 11.8 Å². The highest BCUT2D eigenvalue weighted by Gasteiger charge is 2.59. The molecule has 1 aromatic rings. The zero-order chi connectivity index (χ0) is 29.6. The molecule has 1 N–H and O–H groups in total. The number of hydrogen-bond donors (Lipinski definition) is 1. The fourth-order valence-corrected chi connectivity index (χ4v) is 6.93. The first-order valence-corrected chi connectivity index (χ1v) is 14.5. The SMILES string of the molecule is CO[C@@H]1COCC[C@@H]1N[C@@H]1C[C@H]2CN(C(=O)C=CC(C)(C)C)C[C@@]2(C(=O)N2CCc3ncc(C(F)(F)F)cc3C2)C1. The van der Waals surface area contributed by atoms with Crippen molar-refractivity contribution in [2.45, 2.75) is 77.4 Å². The minimum absolute atomic E-state index is 0.0543. The summed E-state index contributed by atoms with van der Waals surface area (Å²) in [6.45, 7) is 8.46. The number of alkyl halides is 3. The molecule has 0 bridgehead atoms. The lowest BCUT2D eigenvalue weighted by molar-refractivity contribution is -0.144. The lowest BCUT2D eigenvalue weighted by atomic mass is 9.78. The maximum absolute atomic E-state index is 14.4. The average molecular weight is 579 g/mol. The van der Waals surface area contributed by atoms with E-state index < -0.39 is 17.2 Å². The Hall–Kier alpha value is -2.50. The maximum Gasteiger partial charge on any atom is 0.417 e. The van der Waals surface area contributed by atoms with Gasteiger partial charge in [0.05, 0.1) is 23.7 Å². The lowest BCUT2D eigenvalue weighted by Crippen LogP contribution is -2.52. The van der Waals surface area contributed by atoms with Gasteiger partial charge in [-0.2, -0.15) is 13.2 Å². The molecule has 3 fully saturated rings. The summed E-state index contributed by atoms with van der Waals surface area (Å²) in [6.07, 6.45) is 2.26. The largest absolute Gasteiger partial charge is 0.417 e. The van der Waals surface area contributed by atoms with Crippen LogP contribution in [0.5, 0.6) is 0 Å². The van der Waals surface area contributed by atoms with E-state index in [9.17, 15) is 22.8 Å². The summed E-state index contributed by atoms with van der Waals surface area (Å²) in [6, 6.07) is 1.28. The highest BCUT2D eigenvalue weighted by Crippen LogP contribution is 2.51. The smallest absolute Gasteiger partial charge is 0.379 e. The van der Waals surface area contributed by atoms with Crippen LogP contribution in [0.1, 0.15) is 56.9 Å². The van der Waals surface area contributed by atoms with Crippen LogP contribution in [0.15, 0.2) is 24.4 Å². The van der Waals surface area contributed by atoms with Crippen LogP contribution < -0.4 is 5.32 Å². The predicted octanol–water partition coefficient (Wildman–Crippen LogP) is 3.59. The molecule has 5 atom stereocenters. The van der Waals surface area contributed by atoms with Crippen LogP contribution >= 0.6 is 0 Å². The molecular formula is C30H41F3N4O4. The maximum atomic E-state index is 14.4. The van der Waals surface area contributed by atoms with Gasteiger partial charge in [-0.25, -0.2) is 0 Å². The van der Waals surface area contributed by atoms with E-state index in [1.807, 2.05) is 26.8 Å². The molecule has 1 saturated carbocycles. The predicted molar refractivity (Wildman–Crippen MR) is 146 cm³/mol. The summed E-state index contributed by atoms with van der Waals surface area (Å²) in [5.41, 5.74) is -0.727. The minimum Gasteiger partial charge on any atom is -0.379 e. The third-order valence-electron chi connectivity index (χ3n) is 9.05. The number of fused-ring (bicyclic) bond motifs is 2. The summed E-state index contributed by atoms with van der Waals surface area (Å²) in [4.78, 5) is 35.1. The summed E-state index contributed by atoms with van der Waals surface area (Å²) in [5, 5.41) is 3.73. The molecule has 3 aliphatic heterocycles. The van der Waals surface area contributed by atoms with Crippen molar-refractivity contribution < 1.29 is 32.2 Å². The number of carbonyl (C=O) groups is 2. The molecule has 11 heteroatoms. The van der Waals surface area contributed by atoms with E-state index in [0.29, 0.717) is 56.9 Å². The van der Waals surface area contributed by atoms with E-state index in [0.717, 1.165) is 25.1 Å². The summed E-state index contributed by atoms with van der Waals surface area (Å²) in [7, 11) is 1.67. The Labute approximate surface area is 239 Å². The molecule has 2 saturated heterocycles. The van der Waals surface area contributed by atoms with Gasteiger partial charge in [0.15, 0.2) is 0 Å². The topological polar surface area (TPSA) is 84.0 Å². The number of amides is 2. The molecule has 4 aliphatic rings. The number of carbonyl (C=O) groups excluding carboxylic acids is 2. The van der Waals surface area contributed by atoms with Gasteiger partial charge in [-0.05, 0) is 48.3 Å². The highest BCUT2D eigenvalue weighted by molar-refractivity contribution is 5.91. The second kappa shape index (κ2) is 11.3. The van der Waals surface area contributed by atoms with Gasteiger partial charge >= 0.3 is 6.18 Å². The molecule has 0 radical (unpaired) electrons. The Kier molecular flexibility index (Phi) is 8.26. The Morgan fingerprint density at radius 3 is 2.73 bits per heavy atom. The number of halogens is 3. The summed E-state index contributed by atoms with van der Waals surface area (Å²) in [5.74, 6) is -0.250. The number of hydrogen-bond acceptors (Lipinski definition) is 6. The molecular weight excluding hydrogens is 537 g/mol. The molecule has 41 heavy (non-hydrogen) atoms. The number of aromatic nitrogens is 1. The number of nitrogens with one attached hydrogen (secondary N) is 1. The molecule has 0 aromatic carbocycles. The zero-order valence-corrected chi connectivity index (χ0v) is 24.3. The number of methoxy groups -OCH3 is 1. The normalized spacial score (nSPS) is 30.5. The number of allylic oxidation sites excluding steroid dienone is 1. The first-order valence-electron chi connectivity index (χ1n) is 14.5. The van der Waals surface area contributed by atoms with Crippen molar-refractivity contribution in [1.29, 1.82) is 0 Å². The van der Waals surface area contributed by atoms with Crippen molar-refractivity contribution in [2.24, 2.45) is 16.7 Å². The van der Waals surface area contributed by atoms with Crippen molar-refractivity contribution in [2.75, 3.05) is 40.0 Å². The molecule has 0 spiro atoms. The zero-order valence-electron chi connectivity index (χ0n) is 24.3. The molecule has 0 unspecified atom stereocenters. The number of likely N-dealkylation sites (tertiary alicyclic amines) is 1. The number of pyridine rings is 1. The van der Waals surface area contributed by atoms with Gasteiger partial charge in [-0.3, -0.25) is 14.6 Å². The van der Waals surface area contributed by atoms with Crippen LogP contribution in [-0.4, -0.2) is 84.7 Å². The molecule has 5 rings (SSSR count). The van der Waals surface area contributed by atoms with Crippen molar-refractivity contribution in [3.8, 4) is 0 Å². The second-order valence-electron chi connectivity index (χ2n) is 13.1. The first kappa shape index (κ1) is 30.0. The van der Waals surface area contributed by atoms with Crippen molar-refractivity contribution in [1.82, 2.24) is 20.1 Å². The Morgan fingerprint density at radius 2 is 2.02 bits per heavy atom. The van der Waals surface area contributed by atoms with Crippen molar-refractivity contribution in [3.05, 3.63) is 41.2 Å². The van der Waals surface area contributed by atoms with Crippen LogP contribution in [0.25, 0.3) is 0 Å². The lowest BCUT2D eigenvalue weighted by Gasteiger charge is -2.37. The third-order valence-corrected chi connectivity index (χ3v) is 9.05. The monoisotopic (exact) mass is 578 g/mol. The fraction of sp³-hybridized carbons (Fsp3) is 0.700. The third kappa shape index (κ3) is 6.32. The van der Waals surface area contributed by atoms with Gasteiger partial charge in [-0.15, -0.1) is 0 Å². The van der Waals surface area contributed by atoms with E-state index in [1.165, 1.54) is 0 Å². The van der Waals surface area contributed by atoms with Crippen molar-refractivity contribution >= 4 is 11.8 Å².